The molecule has 3 rings (SSSR count). The number of aliphatic hydroxyl groups is 1. The van der Waals surface area contributed by atoms with Crippen LogP contribution in [0.5, 0.6) is 5.75 Å². The Morgan fingerprint density at radius 2 is 1.66 bits per heavy atom. The maximum atomic E-state index is 12.8. The molecule has 0 aliphatic carbocycles. The first-order valence-electron chi connectivity index (χ1n) is 10.3. The lowest BCUT2D eigenvalue weighted by Gasteiger charge is -2.13. The minimum Gasteiger partial charge on any atom is -0.491 e. The zero-order valence-corrected chi connectivity index (χ0v) is 18.3. The Balaban J connectivity index is 1.64. The monoisotopic (exact) mass is 438 g/mol. The van der Waals surface area contributed by atoms with Crippen molar-refractivity contribution in [3.05, 3.63) is 82.0 Å². The zero-order chi connectivity index (χ0) is 23.3. The molecule has 2 aromatic carbocycles. The summed E-state index contributed by atoms with van der Waals surface area (Å²) >= 11 is 0. The summed E-state index contributed by atoms with van der Waals surface area (Å²) in [6, 6.07) is 13.2. The van der Waals surface area contributed by atoms with Crippen molar-refractivity contribution in [1.82, 2.24) is 9.13 Å². The maximum absolute atomic E-state index is 12.8. The van der Waals surface area contributed by atoms with E-state index in [1.807, 2.05) is 0 Å². The highest BCUT2D eigenvalue weighted by molar-refractivity contribution is 5.94. The van der Waals surface area contributed by atoms with E-state index in [0.717, 1.165) is 0 Å². The van der Waals surface area contributed by atoms with Crippen LogP contribution in [0.2, 0.25) is 0 Å². The van der Waals surface area contributed by atoms with Crippen molar-refractivity contribution in [2.75, 3.05) is 13.2 Å². The van der Waals surface area contributed by atoms with E-state index >= 15 is 0 Å². The Hall–Kier alpha value is -3.65. The molecule has 1 N–H and O–H groups in total. The second kappa shape index (κ2) is 10.1. The molecule has 1 unspecified atom stereocenters. The van der Waals surface area contributed by atoms with Crippen LogP contribution in [-0.2, 0) is 11.3 Å². The molecule has 8 heteroatoms. The molecule has 32 heavy (non-hydrogen) atoms. The highest BCUT2D eigenvalue weighted by Gasteiger charge is 2.14. The third kappa shape index (κ3) is 5.33. The lowest BCUT2D eigenvalue weighted by molar-refractivity contribution is 0.0526. The largest absolute Gasteiger partial charge is 0.491 e. The standard InChI is InChI=1S/C24H26N2O6/c1-4-31-23(29)19-7-11-22(12-8-19)32-15-21(28)14-25-13-16(2)26(24(25)30)20-9-5-18(6-10-20)17(3)27/h5-13,21,28H,4,14-15H2,1-3H3. The molecule has 168 valence electrons. The van der Waals surface area contributed by atoms with Crippen LogP contribution >= 0.6 is 0 Å². The lowest BCUT2D eigenvalue weighted by atomic mass is 10.1. The second-order valence-corrected chi connectivity index (χ2v) is 7.35. The van der Waals surface area contributed by atoms with E-state index in [9.17, 15) is 19.5 Å². The molecule has 1 aromatic heterocycles. The first-order valence-corrected chi connectivity index (χ1v) is 10.3. The summed E-state index contributed by atoms with van der Waals surface area (Å²) in [5.41, 5.74) is 2.04. The van der Waals surface area contributed by atoms with Gasteiger partial charge in [0.2, 0.25) is 0 Å². The van der Waals surface area contributed by atoms with Crippen LogP contribution in [0.3, 0.4) is 0 Å². The summed E-state index contributed by atoms with van der Waals surface area (Å²) in [6.45, 7) is 5.35. The highest BCUT2D eigenvalue weighted by Crippen LogP contribution is 2.14. The van der Waals surface area contributed by atoms with Crippen LogP contribution < -0.4 is 10.4 Å². The number of nitrogens with zero attached hydrogens (tertiary/aromatic N) is 2. The average molecular weight is 438 g/mol. The van der Waals surface area contributed by atoms with E-state index in [0.29, 0.717) is 34.9 Å². The number of aliphatic hydroxyl groups excluding tert-OH is 1. The van der Waals surface area contributed by atoms with E-state index in [2.05, 4.69) is 0 Å². The summed E-state index contributed by atoms with van der Waals surface area (Å²) in [7, 11) is 0. The minimum absolute atomic E-state index is 0.0251. The van der Waals surface area contributed by atoms with Gasteiger partial charge in [-0.2, -0.15) is 0 Å². The fourth-order valence-electron chi connectivity index (χ4n) is 3.28. The average Bonchev–Trinajstić information content (AvgIpc) is 3.05. The van der Waals surface area contributed by atoms with Crippen molar-refractivity contribution in [2.45, 2.75) is 33.4 Å². The summed E-state index contributed by atoms with van der Waals surface area (Å²) < 4.78 is 13.5. The quantitative estimate of drug-likeness (QED) is 0.407. The van der Waals surface area contributed by atoms with Crippen LogP contribution in [0.15, 0.2) is 59.5 Å². The second-order valence-electron chi connectivity index (χ2n) is 7.35. The molecular weight excluding hydrogens is 412 g/mol. The zero-order valence-electron chi connectivity index (χ0n) is 18.3. The van der Waals surface area contributed by atoms with Gasteiger partial charge in [0.25, 0.3) is 0 Å². The number of rotatable bonds is 9. The topological polar surface area (TPSA) is 99.8 Å². The van der Waals surface area contributed by atoms with Gasteiger partial charge in [0.1, 0.15) is 18.5 Å². The van der Waals surface area contributed by atoms with Crippen LogP contribution in [-0.4, -0.2) is 45.3 Å². The van der Waals surface area contributed by atoms with Crippen molar-refractivity contribution < 1.29 is 24.2 Å². The number of aryl methyl sites for hydroxylation is 1. The van der Waals surface area contributed by atoms with Gasteiger partial charge in [0.05, 0.1) is 24.4 Å². The number of imidazole rings is 1. The third-order valence-corrected chi connectivity index (χ3v) is 4.88. The van der Waals surface area contributed by atoms with Crippen molar-refractivity contribution in [3.8, 4) is 11.4 Å². The van der Waals surface area contributed by atoms with Crippen LogP contribution in [0.4, 0.5) is 0 Å². The summed E-state index contributed by atoms with van der Waals surface area (Å²) in [6.07, 6.45) is 0.742. The summed E-state index contributed by atoms with van der Waals surface area (Å²) in [4.78, 5) is 36.0. The Labute approximate surface area is 185 Å². The Morgan fingerprint density at radius 1 is 1.03 bits per heavy atom. The molecule has 0 bridgehead atoms. The van der Waals surface area contributed by atoms with Gasteiger partial charge in [-0.05, 0) is 69.3 Å². The van der Waals surface area contributed by atoms with Crippen molar-refractivity contribution in [2.24, 2.45) is 0 Å². The van der Waals surface area contributed by atoms with E-state index in [4.69, 9.17) is 9.47 Å². The number of ketones is 1. The van der Waals surface area contributed by atoms with E-state index in [1.54, 1.807) is 68.6 Å². The molecule has 0 radical (unpaired) electrons. The fraction of sp³-hybridized carbons (Fsp3) is 0.292. The van der Waals surface area contributed by atoms with Crippen LogP contribution in [0.25, 0.3) is 5.69 Å². The van der Waals surface area contributed by atoms with Gasteiger partial charge < -0.3 is 14.6 Å². The first-order chi connectivity index (χ1) is 15.3. The molecular formula is C24H26N2O6. The maximum Gasteiger partial charge on any atom is 0.338 e. The number of Topliss-reactive ketones (excluding diaryl/α,β-unsaturated/α-hetero) is 1. The Kier molecular flexibility index (Phi) is 7.27. The van der Waals surface area contributed by atoms with Crippen molar-refractivity contribution >= 4 is 11.8 Å². The lowest BCUT2D eigenvalue weighted by Crippen LogP contribution is -2.31. The number of esters is 1. The van der Waals surface area contributed by atoms with Gasteiger partial charge in [-0.25, -0.2) is 9.59 Å². The molecule has 1 atom stereocenters. The SMILES string of the molecule is CCOC(=O)c1ccc(OCC(O)Cn2cc(C)n(-c3ccc(C(C)=O)cc3)c2=O)cc1. The predicted octanol–water partition coefficient (Wildman–Crippen LogP) is 2.77. The van der Waals surface area contributed by atoms with Gasteiger partial charge in [-0.1, -0.05) is 0 Å². The number of carbonyl (C=O) groups excluding carboxylic acids is 2. The molecule has 3 aromatic rings. The number of carbonyl (C=O) groups is 2. The molecule has 1 heterocycles. The van der Waals surface area contributed by atoms with Crippen LogP contribution in [0.1, 0.15) is 40.3 Å². The van der Waals surface area contributed by atoms with Gasteiger partial charge in [-0.15, -0.1) is 0 Å². The fourth-order valence-corrected chi connectivity index (χ4v) is 3.28. The molecule has 0 amide bonds. The van der Waals surface area contributed by atoms with Gasteiger partial charge in [0.15, 0.2) is 5.78 Å². The van der Waals surface area contributed by atoms with Crippen molar-refractivity contribution in [3.63, 3.8) is 0 Å². The normalized spacial score (nSPS) is 11.8. The Morgan fingerprint density at radius 3 is 2.25 bits per heavy atom. The number of hydrogen-bond donors (Lipinski definition) is 1. The summed E-state index contributed by atoms with van der Waals surface area (Å²) in [5.74, 6) is 0.0369. The molecule has 0 aliphatic rings. The van der Waals surface area contributed by atoms with E-state index in [1.165, 1.54) is 16.1 Å². The third-order valence-electron chi connectivity index (χ3n) is 4.88. The number of benzene rings is 2. The number of hydrogen-bond acceptors (Lipinski definition) is 6. The molecule has 0 saturated carbocycles. The summed E-state index contributed by atoms with van der Waals surface area (Å²) in [5, 5.41) is 10.4. The highest BCUT2D eigenvalue weighted by atomic mass is 16.5. The predicted molar refractivity (Wildman–Crippen MR) is 119 cm³/mol. The van der Waals surface area contributed by atoms with Crippen molar-refractivity contribution in [1.29, 1.82) is 0 Å². The number of ether oxygens (including phenoxy) is 2. The van der Waals surface area contributed by atoms with E-state index in [-0.39, 0.29) is 24.6 Å². The molecule has 0 saturated heterocycles. The van der Waals surface area contributed by atoms with Gasteiger partial charge >= 0.3 is 11.7 Å². The molecule has 0 spiro atoms. The van der Waals surface area contributed by atoms with Gasteiger partial charge in [-0.3, -0.25) is 13.9 Å². The molecule has 0 fully saturated rings. The first kappa shape index (κ1) is 23.0. The minimum atomic E-state index is -0.923. The molecule has 8 nitrogen and oxygen atoms in total. The molecule has 0 aliphatic heterocycles. The number of aromatic nitrogens is 2. The van der Waals surface area contributed by atoms with E-state index < -0.39 is 12.1 Å². The Bertz CT molecular complexity index is 1140. The van der Waals surface area contributed by atoms with Crippen LogP contribution in [0, 0.1) is 6.92 Å². The smallest absolute Gasteiger partial charge is 0.338 e. The van der Waals surface area contributed by atoms with Gasteiger partial charge in [0, 0.05) is 17.5 Å².